The molecule has 0 radical (unpaired) electrons. The molecule has 0 spiro atoms. The molecule has 0 aliphatic carbocycles. The topological polar surface area (TPSA) is 63.7 Å². The largest absolute Gasteiger partial charge is 0.497 e. The highest BCUT2D eigenvalue weighted by molar-refractivity contribution is 5.74. The molecule has 0 bridgehead atoms. The number of methoxy groups -OCH3 is 1. The minimum Gasteiger partial charge on any atom is -0.497 e. The van der Waals surface area contributed by atoms with Crippen molar-refractivity contribution in [3.8, 4) is 6.07 Å². The third-order valence-electron chi connectivity index (χ3n) is 3.78. The lowest BCUT2D eigenvalue weighted by Gasteiger charge is -2.16. The number of ether oxygens (including phenoxy) is 1. The summed E-state index contributed by atoms with van der Waals surface area (Å²) < 4.78 is 7.12. The van der Waals surface area contributed by atoms with E-state index >= 15 is 0 Å². The Morgan fingerprint density at radius 2 is 1.88 bits per heavy atom. The van der Waals surface area contributed by atoms with Crippen LogP contribution in [-0.2, 0) is 11.3 Å². The van der Waals surface area contributed by atoms with Crippen LogP contribution in [0, 0.1) is 17.2 Å². The first-order valence-corrected chi connectivity index (χ1v) is 9.13. The third kappa shape index (κ3) is 6.03. The second-order valence-corrected chi connectivity index (χ2v) is 5.49. The lowest BCUT2D eigenvalue weighted by molar-refractivity contribution is 0.297. The van der Waals surface area contributed by atoms with E-state index < -0.39 is 0 Å². The lowest BCUT2D eigenvalue weighted by atomic mass is 9.98. The summed E-state index contributed by atoms with van der Waals surface area (Å²) >= 11 is 0. The van der Waals surface area contributed by atoms with Gasteiger partial charge in [0.15, 0.2) is 5.65 Å². The van der Waals surface area contributed by atoms with E-state index in [-0.39, 0.29) is 0 Å². The fourth-order valence-corrected chi connectivity index (χ4v) is 2.16. The zero-order chi connectivity index (χ0) is 20.3. The maximum Gasteiger partial charge on any atom is 0.182 e. The summed E-state index contributed by atoms with van der Waals surface area (Å²) in [4.78, 5) is 4.20. The molecule has 5 nitrogen and oxygen atoms in total. The quantitative estimate of drug-likeness (QED) is 0.525. The number of allylic oxidation sites excluding steroid dienone is 2. The van der Waals surface area contributed by atoms with Crippen LogP contribution in [0.5, 0.6) is 0 Å². The van der Waals surface area contributed by atoms with E-state index in [4.69, 9.17) is 10.00 Å². The summed E-state index contributed by atoms with van der Waals surface area (Å²) in [5.41, 5.74) is 3.19. The SMILES string of the molecule is C=C(OC)/C(Cn1cc2ccc(C#N)nc2n1)=C(\C)C(C)C.CC.CC. The third-order valence-corrected chi connectivity index (χ3v) is 3.78. The number of nitrogens with zero attached hydrogens (tertiary/aromatic N) is 4. The van der Waals surface area contributed by atoms with E-state index in [0.29, 0.717) is 29.6 Å². The molecule has 0 aliphatic heterocycles. The Kier molecular flexibility index (Phi) is 10.7. The van der Waals surface area contributed by atoms with E-state index in [1.807, 2.05) is 50.7 Å². The fourth-order valence-electron chi connectivity index (χ4n) is 2.16. The van der Waals surface area contributed by atoms with E-state index in [1.165, 1.54) is 5.57 Å². The molecule has 0 atom stereocenters. The maximum atomic E-state index is 8.91. The number of aromatic nitrogens is 3. The van der Waals surface area contributed by atoms with Gasteiger partial charge in [0, 0.05) is 17.2 Å². The van der Waals surface area contributed by atoms with E-state index in [1.54, 1.807) is 13.2 Å². The van der Waals surface area contributed by atoms with Crippen molar-refractivity contribution in [2.75, 3.05) is 7.11 Å². The molecular formula is C21H32N4O. The van der Waals surface area contributed by atoms with Gasteiger partial charge in [0.2, 0.25) is 0 Å². The Morgan fingerprint density at radius 1 is 1.27 bits per heavy atom. The summed E-state index contributed by atoms with van der Waals surface area (Å²) in [6, 6.07) is 5.57. The van der Waals surface area contributed by atoms with Crippen LogP contribution in [0.15, 0.2) is 41.8 Å². The first kappa shape index (κ1) is 23.4. The van der Waals surface area contributed by atoms with Crippen molar-refractivity contribution in [1.29, 1.82) is 5.26 Å². The number of hydrogen-bond acceptors (Lipinski definition) is 4. The van der Waals surface area contributed by atoms with Crippen LogP contribution in [0.3, 0.4) is 0 Å². The van der Waals surface area contributed by atoms with Crippen LogP contribution in [0.1, 0.15) is 54.2 Å². The molecule has 0 N–H and O–H groups in total. The van der Waals surface area contributed by atoms with Crippen molar-refractivity contribution >= 4 is 11.0 Å². The molecule has 2 heterocycles. The van der Waals surface area contributed by atoms with Gasteiger partial charge in [0.1, 0.15) is 17.5 Å². The second kappa shape index (κ2) is 11.9. The number of hydrogen-bond donors (Lipinski definition) is 0. The Morgan fingerprint density at radius 3 is 2.38 bits per heavy atom. The average Bonchev–Trinajstić information content (AvgIpc) is 3.09. The van der Waals surface area contributed by atoms with Crippen LogP contribution < -0.4 is 0 Å². The Hall–Kier alpha value is -2.61. The highest BCUT2D eigenvalue weighted by Crippen LogP contribution is 2.22. The highest BCUT2D eigenvalue weighted by atomic mass is 16.5. The van der Waals surface area contributed by atoms with Crippen LogP contribution in [0.25, 0.3) is 11.0 Å². The zero-order valence-corrected chi connectivity index (χ0v) is 17.4. The van der Waals surface area contributed by atoms with Crippen LogP contribution in [0.2, 0.25) is 0 Å². The predicted octanol–water partition coefficient (Wildman–Crippen LogP) is 5.49. The molecule has 0 aliphatic rings. The smallest absolute Gasteiger partial charge is 0.182 e. The lowest BCUT2D eigenvalue weighted by Crippen LogP contribution is -2.09. The molecule has 26 heavy (non-hydrogen) atoms. The summed E-state index contributed by atoms with van der Waals surface area (Å²) in [7, 11) is 1.62. The molecular weight excluding hydrogens is 324 g/mol. The van der Waals surface area contributed by atoms with E-state index in [0.717, 1.165) is 11.0 Å². The normalized spacial score (nSPS) is 10.8. The van der Waals surface area contributed by atoms with Crippen molar-refractivity contribution in [2.45, 2.75) is 55.0 Å². The Balaban J connectivity index is 0.00000146. The van der Waals surface area contributed by atoms with Gasteiger partial charge in [-0.2, -0.15) is 10.4 Å². The van der Waals surface area contributed by atoms with Gasteiger partial charge in [-0.15, -0.1) is 0 Å². The highest BCUT2D eigenvalue weighted by Gasteiger charge is 2.13. The van der Waals surface area contributed by atoms with Gasteiger partial charge in [-0.3, -0.25) is 4.68 Å². The Bertz CT molecular complexity index is 779. The van der Waals surface area contributed by atoms with Crippen molar-refractivity contribution in [2.24, 2.45) is 5.92 Å². The van der Waals surface area contributed by atoms with Gasteiger partial charge in [-0.25, -0.2) is 4.98 Å². The zero-order valence-electron chi connectivity index (χ0n) is 17.4. The van der Waals surface area contributed by atoms with Gasteiger partial charge in [0.25, 0.3) is 0 Å². The van der Waals surface area contributed by atoms with E-state index in [9.17, 15) is 0 Å². The van der Waals surface area contributed by atoms with Gasteiger partial charge in [-0.05, 0) is 25.0 Å². The molecule has 0 amide bonds. The van der Waals surface area contributed by atoms with Crippen molar-refractivity contribution < 1.29 is 4.74 Å². The number of fused-ring (bicyclic) bond motifs is 1. The number of pyridine rings is 1. The van der Waals surface area contributed by atoms with Crippen LogP contribution >= 0.6 is 0 Å². The molecule has 5 heteroatoms. The molecule has 0 saturated heterocycles. The maximum absolute atomic E-state index is 8.91. The molecule has 2 aromatic rings. The summed E-state index contributed by atoms with van der Waals surface area (Å²) in [6.45, 7) is 18.9. The van der Waals surface area contributed by atoms with Gasteiger partial charge >= 0.3 is 0 Å². The molecule has 2 rings (SSSR count). The Labute approximate surface area is 158 Å². The molecule has 0 fully saturated rings. The first-order chi connectivity index (χ1) is 12.5. The van der Waals surface area contributed by atoms with Crippen molar-refractivity contribution in [3.05, 3.63) is 47.5 Å². The van der Waals surface area contributed by atoms with Crippen molar-refractivity contribution in [1.82, 2.24) is 14.8 Å². The minimum absolute atomic E-state index is 0.369. The molecule has 142 valence electrons. The summed E-state index contributed by atoms with van der Waals surface area (Å²) in [6.07, 6.45) is 1.92. The van der Waals surface area contributed by atoms with Crippen LogP contribution in [0.4, 0.5) is 0 Å². The second-order valence-electron chi connectivity index (χ2n) is 5.49. The fraction of sp³-hybridized carbons (Fsp3) is 0.476. The molecule has 2 aromatic heterocycles. The minimum atomic E-state index is 0.369. The van der Waals surface area contributed by atoms with Crippen LogP contribution in [-0.4, -0.2) is 21.9 Å². The summed E-state index contributed by atoms with van der Waals surface area (Å²) in [5.74, 6) is 1.05. The molecule has 0 saturated carbocycles. The standard InChI is InChI=1S/C17H20N4O.2C2H6/c1-11(2)12(3)16(13(4)22-5)10-21-9-14-6-7-15(8-18)19-17(14)20-21;2*1-2/h6-7,9,11H,4,10H2,1-3,5H3;2*1-2H3/b16-12+;;. The summed E-state index contributed by atoms with van der Waals surface area (Å²) in [5, 5.41) is 14.3. The van der Waals surface area contributed by atoms with Gasteiger partial charge in [0.05, 0.1) is 13.7 Å². The van der Waals surface area contributed by atoms with Gasteiger partial charge in [-0.1, -0.05) is 53.7 Å². The molecule has 0 unspecified atom stereocenters. The monoisotopic (exact) mass is 356 g/mol. The number of rotatable bonds is 5. The van der Waals surface area contributed by atoms with Gasteiger partial charge < -0.3 is 4.74 Å². The predicted molar refractivity (Wildman–Crippen MR) is 109 cm³/mol. The van der Waals surface area contributed by atoms with E-state index in [2.05, 4.69) is 37.4 Å². The molecule has 0 aromatic carbocycles. The average molecular weight is 357 g/mol. The van der Waals surface area contributed by atoms with Crippen molar-refractivity contribution in [3.63, 3.8) is 0 Å². The first-order valence-electron chi connectivity index (χ1n) is 9.13. The number of nitriles is 1.